The van der Waals surface area contributed by atoms with E-state index < -0.39 is 6.04 Å². The molecule has 9 heteroatoms. The first-order valence-electron chi connectivity index (χ1n) is 12.5. The summed E-state index contributed by atoms with van der Waals surface area (Å²) in [6.45, 7) is 9.27. The third kappa shape index (κ3) is 4.86. The molecule has 0 N–H and O–H groups in total. The lowest BCUT2D eigenvalue weighted by Crippen LogP contribution is -2.39. The van der Waals surface area contributed by atoms with Crippen LogP contribution in [0.15, 0.2) is 57.5 Å². The smallest absolute Gasteiger partial charge is 0.271 e. The van der Waals surface area contributed by atoms with E-state index in [0.717, 1.165) is 24.3 Å². The number of aromatic nitrogens is 1. The van der Waals surface area contributed by atoms with Gasteiger partial charge in [-0.25, -0.2) is 4.99 Å². The predicted octanol–water partition coefficient (Wildman–Crippen LogP) is 3.70. The van der Waals surface area contributed by atoms with Gasteiger partial charge < -0.3 is 19.1 Å². The van der Waals surface area contributed by atoms with E-state index in [9.17, 15) is 9.59 Å². The summed E-state index contributed by atoms with van der Waals surface area (Å²) in [5.41, 5.74) is 3.32. The number of rotatable bonds is 9. The Hall–Kier alpha value is -3.85. The summed E-state index contributed by atoms with van der Waals surface area (Å²) in [6, 6.07) is 10.7. The van der Waals surface area contributed by atoms with Gasteiger partial charge in [0.15, 0.2) is 10.6 Å². The van der Waals surface area contributed by atoms with E-state index in [1.807, 2.05) is 30.3 Å². The molecule has 2 aromatic carbocycles. The van der Waals surface area contributed by atoms with Gasteiger partial charge in [-0.15, -0.1) is 0 Å². The number of thiazole rings is 1. The van der Waals surface area contributed by atoms with Crippen molar-refractivity contribution in [2.75, 3.05) is 39.3 Å². The van der Waals surface area contributed by atoms with Crippen LogP contribution in [0.3, 0.4) is 0 Å². The van der Waals surface area contributed by atoms with Gasteiger partial charge in [-0.3, -0.25) is 14.2 Å². The average Bonchev–Trinajstić information content (AvgIpc) is 3.22. The maximum Gasteiger partial charge on any atom is 0.271 e. The number of nitrogens with zero attached hydrogens (tertiary/aromatic N) is 3. The first-order valence-corrected chi connectivity index (χ1v) is 13.3. The number of anilines is 1. The van der Waals surface area contributed by atoms with E-state index in [1.54, 1.807) is 45.0 Å². The molecule has 38 heavy (non-hydrogen) atoms. The van der Waals surface area contributed by atoms with Crippen molar-refractivity contribution in [1.29, 1.82) is 0 Å². The van der Waals surface area contributed by atoms with Gasteiger partial charge in [0.1, 0.15) is 17.2 Å². The van der Waals surface area contributed by atoms with E-state index in [-0.39, 0.29) is 11.3 Å². The highest BCUT2D eigenvalue weighted by Crippen LogP contribution is 2.37. The molecule has 3 aromatic rings. The van der Waals surface area contributed by atoms with E-state index in [4.69, 9.17) is 14.2 Å². The molecular formula is C29H33N3O5S. The predicted molar refractivity (Wildman–Crippen MR) is 151 cm³/mol. The second-order valence-corrected chi connectivity index (χ2v) is 9.85. The van der Waals surface area contributed by atoms with Crippen LogP contribution in [0.25, 0.3) is 6.08 Å². The lowest BCUT2D eigenvalue weighted by atomic mass is 9.92. The summed E-state index contributed by atoms with van der Waals surface area (Å²) >= 11 is 1.28. The first kappa shape index (κ1) is 27.2. The number of hydrogen-bond acceptors (Lipinski definition) is 8. The molecule has 0 fully saturated rings. The standard InChI is InChI=1S/C29H33N3O5S/c1-8-31(9-2)20-11-10-19(23(15-20)36-6)14-25-28(34)32-27(22-13-12-21(35-5)16-24(22)37-7)26(18(4)33)17(3)30-29(32)38-25/h10-16,27H,8-9H2,1-7H3/b25-14-/t27-/m0/s1. The van der Waals surface area contributed by atoms with Crippen molar-refractivity contribution >= 4 is 28.9 Å². The molecule has 0 amide bonds. The zero-order valence-electron chi connectivity index (χ0n) is 22.8. The Morgan fingerprint density at radius 2 is 1.76 bits per heavy atom. The fraction of sp³-hybridized carbons (Fsp3) is 0.345. The Bertz CT molecular complexity index is 1580. The van der Waals surface area contributed by atoms with Gasteiger partial charge in [0, 0.05) is 53.3 Å². The molecule has 200 valence electrons. The number of ether oxygens (including phenoxy) is 3. The van der Waals surface area contributed by atoms with Gasteiger partial charge in [0.25, 0.3) is 5.56 Å². The van der Waals surface area contributed by atoms with Crippen LogP contribution in [0.5, 0.6) is 17.2 Å². The van der Waals surface area contributed by atoms with E-state index in [1.165, 1.54) is 18.3 Å². The van der Waals surface area contributed by atoms with Gasteiger partial charge in [0.05, 0.1) is 31.9 Å². The Balaban J connectivity index is 1.94. The van der Waals surface area contributed by atoms with Gasteiger partial charge in [-0.1, -0.05) is 11.3 Å². The number of Topliss-reactive ketones (excluding diaryl/α,β-unsaturated/α-hetero) is 1. The van der Waals surface area contributed by atoms with Crippen LogP contribution in [0.1, 0.15) is 44.9 Å². The molecule has 1 atom stereocenters. The van der Waals surface area contributed by atoms with Crippen molar-refractivity contribution in [3.05, 3.63) is 78.5 Å². The number of methoxy groups -OCH3 is 3. The minimum absolute atomic E-state index is 0.155. The lowest BCUT2D eigenvalue weighted by Gasteiger charge is -2.26. The second kappa shape index (κ2) is 11.3. The topological polar surface area (TPSA) is 82.4 Å². The summed E-state index contributed by atoms with van der Waals surface area (Å²) in [4.78, 5) is 34.1. The maximum absolute atomic E-state index is 13.9. The third-order valence-electron chi connectivity index (χ3n) is 6.77. The van der Waals surface area contributed by atoms with E-state index in [0.29, 0.717) is 43.4 Å². The molecule has 0 bridgehead atoms. The molecular weight excluding hydrogens is 502 g/mol. The van der Waals surface area contributed by atoms with E-state index in [2.05, 4.69) is 23.7 Å². The molecule has 8 nitrogen and oxygen atoms in total. The van der Waals surface area contributed by atoms with Crippen molar-refractivity contribution in [2.45, 2.75) is 33.7 Å². The number of carbonyl (C=O) groups excluding carboxylic acids is 1. The van der Waals surface area contributed by atoms with Crippen molar-refractivity contribution in [1.82, 2.24) is 4.57 Å². The van der Waals surface area contributed by atoms with Crippen LogP contribution in [-0.2, 0) is 4.79 Å². The third-order valence-corrected chi connectivity index (χ3v) is 7.75. The average molecular weight is 536 g/mol. The SMILES string of the molecule is CCN(CC)c1ccc(/C=c2\sc3n(c2=O)[C@@H](c2ccc(OC)cc2OC)C(C(C)=O)=C(C)N=3)c(OC)c1. The fourth-order valence-corrected chi connectivity index (χ4v) is 5.89. The Labute approximate surface area is 226 Å². The molecule has 1 aliphatic rings. The zero-order chi connectivity index (χ0) is 27.6. The Morgan fingerprint density at radius 1 is 1.05 bits per heavy atom. The minimum atomic E-state index is -0.682. The van der Waals surface area contributed by atoms with Crippen molar-refractivity contribution < 1.29 is 19.0 Å². The van der Waals surface area contributed by atoms with Gasteiger partial charge in [-0.05, 0) is 58.0 Å². The highest BCUT2D eigenvalue weighted by molar-refractivity contribution is 7.07. The number of hydrogen-bond donors (Lipinski definition) is 0. The lowest BCUT2D eigenvalue weighted by molar-refractivity contribution is -0.114. The van der Waals surface area contributed by atoms with Crippen molar-refractivity contribution in [3.8, 4) is 17.2 Å². The van der Waals surface area contributed by atoms with Crippen LogP contribution in [-0.4, -0.2) is 44.8 Å². The van der Waals surface area contributed by atoms with Crippen molar-refractivity contribution in [3.63, 3.8) is 0 Å². The van der Waals surface area contributed by atoms with Crippen LogP contribution < -0.4 is 34.0 Å². The second-order valence-electron chi connectivity index (χ2n) is 8.84. The molecule has 0 saturated carbocycles. The van der Waals surface area contributed by atoms with Gasteiger partial charge >= 0.3 is 0 Å². The van der Waals surface area contributed by atoms with Crippen LogP contribution >= 0.6 is 11.3 Å². The number of carbonyl (C=O) groups is 1. The summed E-state index contributed by atoms with van der Waals surface area (Å²) in [5, 5.41) is 0. The van der Waals surface area contributed by atoms with E-state index >= 15 is 0 Å². The molecule has 0 spiro atoms. The Kier molecular flexibility index (Phi) is 8.06. The molecule has 1 aromatic heterocycles. The van der Waals surface area contributed by atoms with Gasteiger partial charge in [0.2, 0.25) is 0 Å². The maximum atomic E-state index is 13.9. The molecule has 0 saturated heterocycles. The first-order chi connectivity index (χ1) is 18.3. The Morgan fingerprint density at radius 3 is 2.37 bits per heavy atom. The number of ketones is 1. The molecule has 0 radical (unpaired) electrons. The molecule has 4 rings (SSSR count). The summed E-state index contributed by atoms with van der Waals surface area (Å²) in [6.07, 6.45) is 1.82. The molecule has 2 heterocycles. The zero-order valence-corrected chi connectivity index (χ0v) is 23.6. The highest BCUT2D eigenvalue weighted by Gasteiger charge is 2.32. The summed E-state index contributed by atoms with van der Waals surface area (Å²) < 4.78 is 18.8. The quantitative estimate of drug-likeness (QED) is 0.416. The highest BCUT2D eigenvalue weighted by atomic mass is 32.1. The van der Waals surface area contributed by atoms with Crippen LogP contribution in [0.4, 0.5) is 5.69 Å². The van der Waals surface area contributed by atoms with Crippen molar-refractivity contribution in [2.24, 2.45) is 4.99 Å². The molecule has 1 aliphatic heterocycles. The summed E-state index contributed by atoms with van der Waals surface area (Å²) in [7, 11) is 4.75. The largest absolute Gasteiger partial charge is 0.497 e. The fourth-order valence-electron chi connectivity index (χ4n) is 4.85. The summed E-state index contributed by atoms with van der Waals surface area (Å²) in [5.74, 6) is 1.65. The minimum Gasteiger partial charge on any atom is -0.497 e. The number of fused-ring (bicyclic) bond motifs is 1. The normalized spacial score (nSPS) is 15.1. The molecule has 0 aliphatic carbocycles. The number of benzene rings is 2. The monoisotopic (exact) mass is 535 g/mol. The molecule has 0 unspecified atom stereocenters. The number of allylic oxidation sites excluding steroid dienone is 2. The van der Waals surface area contributed by atoms with Crippen LogP contribution in [0, 0.1) is 0 Å². The van der Waals surface area contributed by atoms with Crippen LogP contribution in [0.2, 0.25) is 0 Å². The van der Waals surface area contributed by atoms with Gasteiger partial charge in [-0.2, -0.15) is 0 Å².